The number of nitrogens with zero attached hydrogens (tertiary/aromatic N) is 1. The summed E-state index contributed by atoms with van der Waals surface area (Å²) < 4.78 is 24.4. The summed E-state index contributed by atoms with van der Waals surface area (Å²) in [5.74, 6) is 0. The molecular formula is C8H17NO3S. The van der Waals surface area contributed by atoms with E-state index in [0.717, 1.165) is 12.8 Å². The van der Waals surface area contributed by atoms with Gasteiger partial charge in [0.25, 0.3) is 0 Å². The van der Waals surface area contributed by atoms with Gasteiger partial charge in [-0.15, -0.1) is 0 Å². The normalized spacial score (nSPS) is 19.5. The molecule has 0 heterocycles. The summed E-state index contributed by atoms with van der Waals surface area (Å²) in [6.07, 6.45) is 1.52. The highest BCUT2D eigenvalue weighted by Gasteiger charge is 2.39. The van der Waals surface area contributed by atoms with Crippen LogP contribution >= 0.6 is 0 Å². The summed E-state index contributed by atoms with van der Waals surface area (Å²) in [5, 5.41) is 9.25. The highest BCUT2D eigenvalue weighted by molar-refractivity contribution is 7.90. The summed E-state index contributed by atoms with van der Waals surface area (Å²) in [4.78, 5) is 0. The van der Waals surface area contributed by atoms with Crippen molar-refractivity contribution in [1.29, 1.82) is 0 Å². The van der Waals surface area contributed by atoms with E-state index in [-0.39, 0.29) is 11.8 Å². The molecule has 1 rings (SSSR count). The Bertz CT molecular complexity index is 274. The third-order valence-corrected chi connectivity index (χ3v) is 4.30. The average molecular weight is 207 g/mol. The van der Waals surface area contributed by atoms with Crippen molar-refractivity contribution in [2.75, 3.05) is 13.6 Å². The molecule has 1 saturated carbocycles. The van der Waals surface area contributed by atoms with Crippen LogP contribution in [0.2, 0.25) is 0 Å². The Morgan fingerprint density at radius 2 is 1.92 bits per heavy atom. The third kappa shape index (κ3) is 2.93. The summed E-state index contributed by atoms with van der Waals surface area (Å²) in [5.41, 5.74) is -0.962. The molecule has 13 heavy (non-hydrogen) atoms. The van der Waals surface area contributed by atoms with Gasteiger partial charge >= 0.3 is 0 Å². The van der Waals surface area contributed by atoms with Crippen molar-refractivity contribution in [3.63, 3.8) is 0 Å². The van der Waals surface area contributed by atoms with Crippen LogP contribution in [0.3, 0.4) is 0 Å². The van der Waals surface area contributed by atoms with Crippen molar-refractivity contribution in [2.45, 2.75) is 37.5 Å². The van der Waals surface area contributed by atoms with Crippen LogP contribution in [0.15, 0.2) is 0 Å². The predicted octanol–water partition coefficient (Wildman–Crippen LogP) is 0.181. The van der Waals surface area contributed by atoms with Crippen molar-refractivity contribution in [1.82, 2.24) is 4.31 Å². The van der Waals surface area contributed by atoms with Gasteiger partial charge in [0.05, 0.1) is 10.9 Å². The van der Waals surface area contributed by atoms with Crippen molar-refractivity contribution in [3.8, 4) is 0 Å². The van der Waals surface area contributed by atoms with Crippen LogP contribution in [0.1, 0.15) is 26.7 Å². The quantitative estimate of drug-likeness (QED) is 0.715. The topological polar surface area (TPSA) is 57.6 Å². The Labute approximate surface area is 79.6 Å². The molecule has 1 N–H and O–H groups in total. The number of rotatable bonds is 4. The molecule has 0 aromatic heterocycles. The fourth-order valence-corrected chi connectivity index (χ4v) is 2.99. The standard InChI is InChI=1S/C8H17NO3S/c1-8(2,10)6-9(3)13(11,12)7-4-5-7/h7,10H,4-6H2,1-3H3. The number of hydrogen-bond acceptors (Lipinski definition) is 3. The zero-order chi connectivity index (χ0) is 10.3. The van der Waals surface area contributed by atoms with Gasteiger partial charge in [-0.2, -0.15) is 0 Å². The van der Waals surface area contributed by atoms with E-state index in [9.17, 15) is 13.5 Å². The molecular weight excluding hydrogens is 190 g/mol. The molecule has 0 unspecified atom stereocenters. The molecule has 0 saturated heterocycles. The van der Waals surface area contributed by atoms with Gasteiger partial charge in [-0.25, -0.2) is 12.7 Å². The van der Waals surface area contributed by atoms with Gasteiger partial charge in [0.15, 0.2) is 0 Å². The molecule has 0 aliphatic heterocycles. The highest BCUT2D eigenvalue weighted by atomic mass is 32.2. The molecule has 0 spiro atoms. The predicted molar refractivity (Wildman–Crippen MR) is 50.9 cm³/mol. The van der Waals surface area contributed by atoms with Gasteiger partial charge in [-0.3, -0.25) is 0 Å². The Morgan fingerprint density at radius 3 is 2.23 bits per heavy atom. The molecule has 1 fully saturated rings. The molecule has 0 amide bonds. The van der Waals surface area contributed by atoms with E-state index in [2.05, 4.69) is 0 Å². The second kappa shape index (κ2) is 3.22. The summed E-state index contributed by atoms with van der Waals surface area (Å²) in [7, 11) is -1.61. The maximum Gasteiger partial charge on any atom is 0.216 e. The van der Waals surface area contributed by atoms with Crippen LogP contribution in [-0.4, -0.2) is 42.3 Å². The lowest BCUT2D eigenvalue weighted by Crippen LogP contribution is -2.41. The van der Waals surface area contributed by atoms with Crippen molar-refractivity contribution < 1.29 is 13.5 Å². The maximum absolute atomic E-state index is 11.6. The molecule has 0 aromatic carbocycles. The van der Waals surface area contributed by atoms with Gasteiger partial charge in [-0.1, -0.05) is 0 Å². The summed E-state index contributed by atoms with van der Waals surface area (Å²) in [6, 6.07) is 0. The zero-order valence-electron chi connectivity index (χ0n) is 8.32. The van der Waals surface area contributed by atoms with Crippen molar-refractivity contribution >= 4 is 10.0 Å². The molecule has 1 aliphatic carbocycles. The second-order valence-corrected chi connectivity index (χ2v) is 6.63. The van der Waals surface area contributed by atoms with E-state index in [1.54, 1.807) is 13.8 Å². The number of sulfonamides is 1. The van der Waals surface area contributed by atoms with E-state index in [1.165, 1.54) is 11.4 Å². The Kier molecular flexibility index (Phi) is 2.71. The number of aliphatic hydroxyl groups is 1. The van der Waals surface area contributed by atoms with E-state index in [4.69, 9.17) is 0 Å². The van der Waals surface area contributed by atoms with Crippen molar-refractivity contribution in [3.05, 3.63) is 0 Å². The first kappa shape index (κ1) is 10.9. The van der Waals surface area contributed by atoms with Gasteiger partial charge in [-0.05, 0) is 26.7 Å². The molecule has 0 atom stereocenters. The van der Waals surface area contributed by atoms with Gasteiger partial charge in [0.2, 0.25) is 10.0 Å². The molecule has 5 heteroatoms. The minimum Gasteiger partial charge on any atom is -0.389 e. The number of hydrogen-bond donors (Lipinski definition) is 1. The molecule has 78 valence electrons. The van der Waals surface area contributed by atoms with Gasteiger partial charge in [0, 0.05) is 13.6 Å². The van der Waals surface area contributed by atoms with Gasteiger partial charge in [0.1, 0.15) is 0 Å². The first-order valence-corrected chi connectivity index (χ1v) is 5.91. The van der Waals surface area contributed by atoms with Crippen molar-refractivity contribution in [2.24, 2.45) is 0 Å². The minimum absolute atomic E-state index is 0.159. The molecule has 1 aliphatic rings. The lowest BCUT2D eigenvalue weighted by atomic mass is 10.1. The van der Waals surface area contributed by atoms with Crippen LogP contribution in [-0.2, 0) is 10.0 Å². The van der Waals surface area contributed by atoms with E-state index >= 15 is 0 Å². The minimum atomic E-state index is -3.13. The lowest BCUT2D eigenvalue weighted by Gasteiger charge is -2.24. The maximum atomic E-state index is 11.6. The van der Waals surface area contributed by atoms with E-state index in [1.807, 2.05) is 0 Å². The van der Waals surface area contributed by atoms with Crippen LogP contribution in [0.25, 0.3) is 0 Å². The third-order valence-electron chi connectivity index (χ3n) is 1.99. The Hall–Kier alpha value is -0.130. The van der Waals surface area contributed by atoms with E-state index in [0.29, 0.717) is 0 Å². The fourth-order valence-electron chi connectivity index (χ4n) is 1.26. The number of likely N-dealkylation sites (N-methyl/N-ethyl adjacent to an activating group) is 1. The Balaban J connectivity index is 2.62. The SMILES string of the molecule is CN(CC(C)(C)O)S(=O)(=O)C1CC1. The molecule has 4 nitrogen and oxygen atoms in total. The molecule has 0 radical (unpaired) electrons. The second-order valence-electron chi connectivity index (χ2n) is 4.31. The molecule has 0 bridgehead atoms. The van der Waals surface area contributed by atoms with Crippen LogP contribution < -0.4 is 0 Å². The fraction of sp³-hybridized carbons (Fsp3) is 1.00. The van der Waals surface area contributed by atoms with Gasteiger partial charge < -0.3 is 5.11 Å². The summed E-state index contributed by atoms with van der Waals surface area (Å²) >= 11 is 0. The smallest absolute Gasteiger partial charge is 0.216 e. The summed E-state index contributed by atoms with van der Waals surface area (Å²) in [6.45, 7) is 3.36. The zero-order valence-corrected chi connectivity index (χ0v) is 9.13. The molecule has 0 aromatic rings. The van der Waals surface area contributed by atoms with Crippen LogP contribution in [0.5, 0.6) is 0 Å². The first-order valence-electron chi connectivity index (χ1n) is 4.41. The monoisotopic (exact) mass is 207 g/mol. The van der Waals surface area contributed by atoms with Crippen LogP contribution in [0.4, 0.5) is 0 Å². The lowest BCUT2D eigenvalue weighted by molar-refractivity contribution is 0.0639. The van der Waals surface area contributed by atoms with Crippen LogP contribution in [0, 0.1) is 0 Å². The average Bonchev–Trinajstić information content (AvgIpc) is 2.62. The van der Waals surface area contributed by atoms with E-state index < -0.39 is 15.6 Å². The largest absolute Gasteiger partial charge is 0.389 e. The highest BCUT2D eigenvalue weighted by Crippen LogP contribution is 2.30. The first-order chi connectivity index (χ1) is 5.73. The Morgan fingerprint density at radius 1 is 1.46 bits per heavy atom.